The lowest BCUT2D eigenvalue weighted by Gasteiger charge is -2.23. The lowest BCUT2D eigenvalue weighted by Crippen LogP contribution is -2.48. The summed E-state index contributed by atoms with van der Waals surface area (Å²) >= 11 is 3.19. The second-order valence-corrected chi connectivity index (χ2v) is 4.55. The topological polar surface area (TPSA) is 50.4 Å². The number of nitrogens with one attached hydrogen (secondary N) is 2. The number of halogens is 2. The van der Waals surface area contributed by atoms with Gasteiger partial charge in [-0.05, 0) is 34.1 Å². The van der Waals surface area contributed by atoms with Crippen LogP contribution in [0, 0.1) is 5.82 Å². The average Bonchev–Trinajstić information content (AvgIpc) is 2.34. The van der Waals surface area contributed by atoms with Gasteiger partial charge in [-0.2, -0.15) is 0 Å². The third-order valence-electron chi connectivity index (χ3n) is 2.43. The van der Waals surface area contributed by atoms with Crippen LogP contribution < -0.4 is 10.6 Å². The lowest BCUT2D eigenvalue weighted by atomic mass is 10.2. The Balaban J connectivity index is 2.02. The number of benzene rings is 1. The number of rotatable bonds is 2. The van der Waals surface area contributed by atoms with E-state index < -0.39 is 0 Å². The fourth-order valence-corrected chi connectivity index (χ4v) is 1.99. The van der Waals surface area contributed by atoms with E-state index in [-0.39, 0.29) is 17.8 Å². The molecule has 1 unspecified atom stereocenters. The van der Waals surface area contributed by atoms with Crippen LogP contribution in [0.2, 0.25) is 0 Å². The molecular weight excluding hydrogens is 291 g/mol. The number of hydrogen-bond acceptors (Lipinski definition) is 3. The van der Waals surface area contributed by atoms with Gasteiger partial charge < -0.3 is 15.4 Å². The molecule has 2 N–H and O–H groups in total. The van der Waals surface area contributed by atoms with Crippen molar-refractivity contribution in [1.82, 2.24) is 5.32 Å². The maximum Gasteiger partial charge on any atom is 0.243 e. The second-order valence-electron chi connectivity index (χ2n) is 3.70. The zero-order valence-corrected chi connectivity index (χ0v) is 10.6. The minimum absolute atomic E-state index is 0.183. The zero-order valence-electron chi connectivity index (χ0n) is 9.00. The average molecular weight is 303 g/mol. The standard InChI is InChI=1S/C11H12BrFN2O2/c12-8-5-7(13)1-2-9(8)15-11(16)10-6-17-4-3-14-10/h1-2,5,10,14H,3-4,6H2,(H,15,16). The number of carbonyl (C=O) groups is 1. The summed E-state index contributed by atoms with van der Waals surface area (Å²) in [5, 5.41) is 5.76. The van der Waals surface area contributed by atoms with E-state index in [1.807, 2.05) is 0 Å². The number of amides is 1. The molecule has 1 heterocycles. The van der Waals surface area contributed by atoms with E-state index in [4.69, 9.17) is 4.74 Å². The van der Waals surface area contributed by atoms with Crippen LogP contribution in [0.5, 0.6) is 0 Å². The SMILES string of the molecule is O=C(Nc1ccc(F)cc1Br)C1COCCN1. The molecule has 1 fully saturated rings. The van der Waals surface area contributed by atoms with Gasteiger partial charge in [-0.15, -0.1) is 0 Å². The molecule has 6 heteroatoms. The van der Waals surface area contributed by atoms with Crippen molar-refractivity contribution in [3.63, 3.8) is 0 Å². The minimum Gasteiger partial charge on any atom is -0.378 e. The monoisotopic (exact) mass is 302 g/mol. The Kier molecular flexibility index (Phi) is 4.09. The van der Waals surface area contributed by atoms with Crippen molar-refractivity contribution < 1.29 is 13.9 Å². The van der Waals surface area contributed by atoms with Crippen molar-refractivity contribution in [2.45, 2.75) is 6.04 Å². The van der Waals surface area contributed by atoms with Gasteiger partial charge in [-0.1, -0.05) is 0 Å². The maximum absolute atomic E-state index is 12.9. The van der Waals surface area contributed by atoms with Crippen molar-refractivity contribution in [1.29, 1.82) is 0 Å². The van der Waals surface area contributed by atoms with E-state index in [2.05, 4.69) is 26.6 Å². The van der Waals surface area contributed by atoms with Crippen LogP contribution in [-0.2, 0) is 9.53 Å². The molecule has 0 bridgehead atoms. The molecule has 1 aromatic carbocycles. The Morgan fingerprint density at radius 2 is 2.41 bits per heavy atom. The third-order valence-corrected chi connectivity index (χ3v) is 3.08. The predicted molar refractivity (Wildman–Crippen MR) is 65.3 cm³/mol. The highest BCUT2D eigenvalue weighted by Crippen LogP contribution is 2.23. The molecule has 2 rings (SSSR count). The van der Waals surface area contributed by atoms with Gasteiger partial charge in [0.1, 0.15) is 11.9 Å². The van der Waals surface area contributed by atoms with Crippen molar-refractivity contribution in [2.75, 3.05) is 25.1 Å². The highest BCUT2D eigenvalue weighted by molar-refractivity contribution is 9.10. The Hall–Kier alpha value is -0.980. The molecule has 1 saturated heterocycles. The number of ether oxygens (including phenoxy) is 1. The molecule has 1 aliphatic heterocycles. The van der Waals surface area contributed by atoms with Gasteiger partial charge in [0.25, 0.3) is 0 Å². The summed E-state index contributed by atoms with van der Waals surface area (Å²) in [6.45, 7) is 1.62. The summed E-state index contributed by atoms with van der Waals surface area (Å²) in [6.07, 6.45) is 0. The Labute approximate surface area is 107 Å². The van der Waals surface area contributed by atoms with E-state index >= 15 is 0 Å². The summed E-state index contributed by atoms with van der Waals surface area (Å²) in [4.78, 5) is 11.8. The highest BCUT2D eigenvalue weighted by atomic mass is 79.9. The molecule has 1 aliphatic rings. The Morgan fingerprint density at radius 1 is 1.59 bits per heavy atom. The molecule has 92 valence electrons. The van der Waals surface area contributed by atoms with Crippen molar-refractivity contribution in [3.05, 3.63) is 28.5 Å². The quantitative estimate of drug-likeness (QED) is 0.871. The summed E-state index contributed by atoms with van der Waals surface area (Å²) in [6, 6.07) is 3.76. The van der Waals surface area contributed by atoms with Crippen LogP contribution in [0.4, 0.5) is 10.1 Å². The summed E-state index contributed by atoms with van der Waals surface area (Å²) in [5.74, 6) is -0.536. The van der Waals surface area contributed by atoms with Crippen LogP contribution >= 0.6 is 15.9 Å². The summed E-state index contributed by atoms with van der Waals surface area (Å²) in [7, 11) is 0. The second kappa shape index (κ2) is 5.57. The predicted octanol–water partition coefficient (Wildman–Crippen LogP) is 1.52. The number of hydrogen-bond donors (Lipinski definition) is 2. The fraction of sp³-hybridized carbons (Fsp3) is 0.364. The lowest BCUT2D eigenvalue weighted by molar-refractivity contribution is -0.120. The van der Waals surface area contributed by atoms with Crippen LogP contribution in [-0.4, -0.2) is 31.7 Å². The van der Waals surface area contributed by atoms with E-state index in [0.717, 1.165) is 0 Å². The van der Waals surface area contributed by atoms with Gasteiger partial charge >= 0.3 is 0 Å². The number of anilines is 1. The first-order chi connectivity index (χ1) is 8.16. The number of morpholine rings is 1. The summed E-state index contributed by atoms with van der Waals surface area (Å²) in [5.41, 5.74) is 0.545. The van der Waals surface area contributed by atoms with E-state index in [1.165, 1.54) is 18.2 Å². The normalized spacial score (nSPS) is 20.0. The van der Waals surface area contributed by atoms with E-state index in [9.17, 15) is 9.18 Å². The molecule has 0 radical (unpaired) electrons. The van der Waals surface area contributed by atoms with Crippen molar-refractivity contribution in [3.8, 4) is 0 Å². The van der Waals surface area contributed by atoms with Crippen LogP contribution in [0.15, 0.2) is 22.7 Å². The first kappa shape index (κ1) is 12.5. The first-order valence-electron chi connectivity index (χ1n) is 5.24. The molecule has 0 aliphatic carbocycles. The van der Waals surface area contributed by atoms with Gasteiger partial charge in [0.15, 0.2) is 0 Å². The smallest absolute Gasteiger partial charge is 0.243 e. The highest BCUT2D eigenvalue weighted by Gasteiger charge is 2.21. The van der Waals surface area contributed by atoms with Gasteiger partial charge in [-0.3, -0.25) is 4.79 Å². The van der Waals surface area contributed by atoms with Gasteiger partial charge in [0, 0.05) is 11.0 Å². The molecule has 4 nitrogen and oxygen atoms in total. The number of carbonyl (C=O) groups excluding carboxylic acids is 1. The molecule has 1 atom stereocenters. The van der Waals surface area contributed by atoms with Crippen LogP contribution in [0.3, 0.4) is 0 Å². The largest absolute Gasteiger partial charge is 0.378 e. The van der Waals surface area contributed by atoms with E-state index in [0.29, 0.717) is 29.9 Å². The molecule has 0 saturated carbocycles. The first-order valence-corrected chi connectivity index (χ1v) is 6.03. The van der Waals surface area contributed by atoms with Crippen LogP contribution in [0.25, 0.3) is 0 Å². The van der Waals surface area contributed by atoms with Gasteiger partial charge in [0.2, 0.25) is 5.91 Å². The molecule has 17 heavy (non-hydrogen) atoms. The minimum atomic E-state index is -0.360. The van der Waals surface area contributed by atoms with Crippen molar-refractivity contribution >= 4 is 27.5 Å². The van der Waals surface area contributed by atoms with Gasteiger partial charge in [-0.25, -0.2) is 4.39 Å². The summed E-state index contributed by atoms with van der Waals surface area (Å²) < 4.78 is 18.6. The van der Waals surface area contributed by atoms with Crippen molar-refractivity contribution in [2.24, 2.45) is 0 Å². The van der Waals surface area contributed by atoms with Gasteiger partial charge in [0.05, 0.1) is 18.9 Å². The zero-order chi connectivity index (χ0) is 12.3. The fourth-order valence-electron chi connectivity index (χ4n) is 1.54. The molecule has 1 aromatic rings. The maximum atomic E-state index is 12.9. The Bertz CT molecular complexity index is 422. The molecule has 1 amide bonds. The molecule has 0 aromatic heterocycles. The molecular formula is C11H12BrFN2O2. The third kappa shape index (κ3) is 3.24. The van der Waals surface area contributed by atoms with Crippen LogP contribution in [0.1, 0.15) is 0 Å². The molecule has 0 spiro atoms. The Morgan fingerprint density at radius 3 is 3.06 bits per heavy atom. The van der Waals surface area contributed by atoms with E-state index in [1.54, 1.807) is 0 Å².